The number of allylic oxidation sites excluding steroid dienone is 6. The lowest BCUT2D eigenvalue weighted by Crippen LogP contribution is -2.30. The summed E-state index contributed by atoms with van der Waals surface area (Å²) in [5.74, 6) is -0.109. The zero-order valence-electron chi connectivity index (χ0n) is 11.9. The third kappa shape index (κ3) is 2.22. The normalized spacial score (nSPS) is 22.9. The van der Waals surface area contributed by atoms with Gasteiger partial charge in [-0.15, -0.1) is 0 Å². The molecule has 2 aliphatic heterocycles. The molecular weight excluding hydrogens is 345 g/mol. The molecular formula is C18H15BrFNO. The van der Waals surface area contributed by atoms with Gasteiger partial charge in [0, 0.05) is 11.6 Å². The Hall–Kier alpha value is -1.81. The van der Waals surface area contributed by atoms with Crippen molar-refractivity contribution in [1.29, 1.82) is 0 Å². The van der Waals surface area contributed by atoms with Crippen molar-refractivity contribution in [1.82, 2.24) is 5.32 Å². The van der Waals surface area contributed by atoms with E-state index >= 15 is 0 Å². The lowest BCUT2D eigenvalue weighted by atomic mass is 9.78. The van der Waals surface area contributed by atoms with Gasteiger partial charge in [0.2, 0.25) is 0 Å². The lowest BCUT2D eigenvalue weighted by molar-refractivity contribution is 0.265. The van der Waals surface area contributed by atoms with E-state index in [1.165, 1.54) is 22.9 Å². The highest BCUT2D eigenvalue weighted by Crippen LogP contribution is 2.43. The van der Waals surface area contributed by atoms with Crippen molar-refractivity contribution in [2.75, 3.05) is 6.61 Å². The molecule has 4 rings (SSSR count). The van der Waals surface area contributed by atoms with E-state index in [1.807, 2.05) is 18.2 Å². The fraction of sp³-hybridized carbons (Fsp3) is 0.222. The summed E-state index contributed by atoms with van der Waals surface area (Å²) in [6.07, 6.45) is 10.2. The van der Waals surface area contributed by atoms with Crippen LogP contribution in [-0.4, -0.2) is 6.61 Å². The minimum absolute atomic E-state index is 0.125. The van der Waals surface area contributed by atoms with Crippen molar-refractivity contribution in [2.45, 2.75) is 18.8 Å². The molecule has 0 amide bonds. The number of benzene rings is 1. The van der Waals surface area contributed by atoms with Crippen LogP contribution in [0.15, 0.2) is 69.7 Å². The molecule has 2 heterocycles. The Morgan fingerprint density at radius 2 is 2.05 bits per heavy atom. The highest BCUT2D eigenvalue weighted by molar-refractivity contribution is 9.10. The molecule has 0 aromatic heterocycles. The summed E-state index contributed by atoms with van der Waals surface area (Å²) in [7, 11) is 0. The van der Waals surface area contributed by atoms with Gasteiger partial charge >= 0.3 is 0 Å². The molecule has 22 heavy (non-hydrogen) atoms. The average molecular weight is 360 g/mol. The number of rotatable bonds is 1. The van der Waals surface area contributed by atoms with Crippen molar-refractivity contribution >= 4 is 15.9 Å². The Morgan fingerprint density at radius 1 is 1.18 bits per heavy atom. The molecule has 1 aromatic rings. The maximum atomic E-state index is 13.6. The first-order valence-electron chi connectivity index (χ1n) is 7.37. The summed E-state index contributed by atoms with van der Waals surface area (Å²) in [6, 6.07) is 5.28. The molecule has 2 nitrogen and oxygen atoms in total. The second kappa shape index (κ2) is 5.43. The highest BCUT2D eigenvalue weighted by atomic mass is 79.9. The van der Waals surface area contributed by atoms with Crippen molar-refractivity contribution < 1.29 is 9.13 Å². The number of ether oxygens (including phenoxy) is 1. The molecule has 4 heteroatoms. The summed E-state index contributed by atoms with van der Waals surface area (Å²) in [6.45, 7) is 0.561. The van der Waals surface area contributed by atoms with Crippen LogP contribution in [0.4, 0.5) is 4.39 Å². The first-order chi connectivity index (χ1) is 10.7. The average Bonchev–Trinajstić information content (AvgIpc) is 2.55. The Kier molecular flexibility index (Phi) is 3.41. The topological polar surface area (TPSA) is 21.3 Å². The van der Waals surface area contributed by atoms with E-state index in [0.29, 0.717) is 11.1 Å². The fourth-order valence-corrected chi connectivity index (χ4v) is 3.70. The monoisotopic (exact) mass is 359 g/mol. The number of dihydropyridines is 1. The first-order valence-corrected chi connectivity index (χ1v) is 8.16. The van der Waals surface area contributed by atoms with Crippen LogP contribution in [-0.2, 0) is 4.74 Å². The van der Waals surface area contributed by atoms with Crippen LogP contribution in [0.25, 0.3) is 0 Å². The molecule has 1 N–H and O–H groups in total. The summed E-state index contributed by atoms with van der Waals surface area (Å²) in [5, 5.41) is 3.53. The molecule has 0 saturated heterocycles. The van der Waals surface area contributed by atoms with Gasteiger partial charge in [0.1, 0.15) is 12.4 Å². The standard InChI is InChI=1S/C18H15BrFNO/c19-14-9-11(5-6-15(14)20)18-12-3-1-2-4-16(12)21-17-10-22-8-7-13(17)18/h1,3,5-9,18,21H,2,4,10H2. The van der Waals surface area contributed by atoms with Gasteiger partial charge < -0.3 is 10.1 Å². The van der Waals surface area contributed by atoms with Crippen molar-refractivity contribution in [3.63, 3.8) is 0 Å². The molecule has 0 radical (unpaired) electrons. The maximum Gasteiger partial charge on any atom is 0.137 e. The second-order valence-corrected chi connectivity index (χ2v) is 6.51. The van der Waals surface area contributed by atoms with E-state index in [4.69, 9.17) is 4.74 Å². The van der Waals surface area contributed by atoms with Gasteiger partial charge in [0.15, 0.2) is 0 Å². The van der Waals surface area contributed by atoms with Crippen molar-refractivity contribution in [3.05, 3.63) is 81.1 Å². The summed E-state index contributed by atoms with van der Waals surface area (Å²) >= 11 is 3.31. The van der Waals surface area contributed by atoms with Gasteiger partial charge in [-0.3, -0.25) is 0 Å². The predicted molar refractivity (Wildman–Crippen MR) is 87.5 cm³/mol. The Labute approximate surface area is 137 Å². The molecule has 0 saturated carbocycles. The van der Waals surface area contributed by atoms with E-state index in [2.05, 4.69) is 33.4 Å². The minimum atomic E-state index is -0.234. The minimum Gasteiger partial charge on any atom is -0.495 e. The first kappa shape index (κ1) is 13.8. The van der Waals surface area contributed by atoms with Crippen LogP contribution in [0, 0.1) is 5.82 Å². The molecule has 0 bridgehead atoms. The molecule has 1 aliphatic carbocycles. The smallest absolute Gasteiger partial charge is 0.137 e. The van der Waals surface area contributed by atoms with E-state index in [1.54, 1.807) is 6.26 Å². The van der Waals surface area contributed by atoms with E-state index < -0.39 is 0 Å². The van der Waals surface area contributed by atoms with Crippen LogP contribution in [0.3, 0.4) is 0 Å². The lowest BCUT2D eigenvalue weighted by Gasteiger charge is -2.35. The number of hydrogen-bond acceptors (Lipinski definition) is 2. The third-order valence-electron chi connectivity index (χ3n) is 4.33. The fourth-order valence-electron chi connectivity index (χ4n) is 3.30. The maximum absolute atomic E-state index is 13.6. The summed E-state index contributed by atoms with van der Waals surface area (Å²) in [4.78, 5) is 0. The van der Waals surface area contributed by atoms with Crippen LogP contribution in [0.5, 0.6) is 0 Å². The highest BCUT2D eigenvalue weighted by Gasteiger charge is 2.31. The van der Waals surface area contributed by atoms with Crippen LogP contribution in [0.2, 0.25) is 0 Å². The van der Waals surface area contributed by atoms with E-state index in [9.17, 15) is 4.39 Å². The molecule has 1 aromatic carbocycles. The zero-order valence-corrected chi connectivity index (χ0v) is 13.5. The quantitative estimate of drug-likeness (QED) is 0.786. The van der Waals surface area contributed by atoms with Gasteiger partial charge in [-0.2, -0.15) is 0 Å². The number of halogens is 2. The molecule has 1 atom stereocenters. The van der Waals surface area contributed by atoms with Crippen LogP contribution >= 0.6 is 15.9 Å². The van der Waals surface area contributed by atoms with Gasteiger partial charge in [0.05, 0.1) is 16.4 Å². The number of nitrogens with one attached hydrogen (secondary N) is 1. The molecule has 112 valence electrons. The van der Waals surface area contributed by atoms with Gasteiger partial charge in [-0.25, -0.2) is 4.39 Å². The number of hydrogen-bond donors (Lipinski definition) is 1. The van der Waals surface area contributed by atoms with Gasteiger partial charge in [-0.05, 0) is 63.7 Å². The van der Waals surface area contributed by atoms with Crippen LogP contribution < -0.4 is 5.32 Å². The molecule has 3 aliphatic rings. The second-order valence-electron chi connectivity index (χ2n) is 5.65. The Balaban J connectivity index is 1.87. The van der Waals surface area contributed by atoms with E-state index in [-0.39, 0.29) is 11.7 Å². The van der Waals surface area contributed by atoms with Gasteiger partial charge in [-0.1, -0.05) is 18.2 Å². The molecule has 0 spiro atoms. The Bertz CT molecular complexity index is 722. The Morgan fingerprint density at radius 3 is 2.91 bits per heavy atom. The summed E-state index contributed by atoms with van der Waals surface area (Å²) < 4.78 is 19.5. The van der Waals surface area contributed by atoms with Crippen molar-refractivity contribution in [3.8, 4) is 0 Å². The van der Waals surface area contributed by atoms with Crippen molar-refractivity contribution in [2.24, 2.45) is 0 Å². The van der Waals surface area contributed by atoms with E-state index in [0.717, 1.165) is 24.1 Å². The third-order valence-corrected chi connectivity index (χ3v) is 4.94. The largest absolute Gasteiger partial charge is 0.495 e. The SMILES string of the molecule is Fc1ccc(C2C3=C(CCC=C3)NC3=C2C=COC3)cc1Br. The predicted octanol–water partition coefficient (Wildman–Crippen LogP) is 4.68. The molecule has 1 unspecified atom stereocenters. The molecule has 0 fully saturated rings. The summed E-state index contributed by atoms with van der Waals surface area (Å²) in [5.41, 5.74) is 5.94. The van der Waals surface area contributed by atoms with Crippen LogP contribution in [0.1, 0.15) is 24.3 Å². The van der Waals surface area contributed by atoms with Gasteiger partial charge in [0.25, 0.3) is 0 Å². The zero-order chi connectivity index (χ0) is 15.1.